The fraction of sp³-hybridized carbons (Fsp3) is 0.533. The van der Waals surface area contributed by atoms with Crippen LogP contribution in [0, 0.1) is 11.3 Å². The molecule has 0 aliphatic carbocycles. The van der Waals surface area contributed by atoms with Crippen molar-refractivity contribution in [2.75, 3.05) is 29.9 Å². The van der Waals surface area contributed by atoms with Crippen LogP contribution in [0.15, 0.2) is 24.3 Å². The van der Waals surface area contributed by atoms with E-state index >= 15 is 0 Å². The molecule has 3 heteroatoms. The van der Waals surface area contributed by atoms with Crippen LogP contribution in [0.3, 0.4) is 0 Å². The lowest BCUT2D eigenvalue weighted by molar-refractivity contribution is 0.784. The Hall–Kier alpha value is -1.69. The standard InChI is InChI=1S/C15H21N3/c16-10-2-1-3-11-17-14-6-8-15(9-7-14)18-12-4-5-13-18/h6-9,17H,1-5,11-13H2. The van der Waals surface area contributed by atoms with Gasteiger partial charge in [-0.05, 0) is 49.9 Å². The van der Waals surface area contributed by atoms with Gasteiger partial charge in [-0.2, -0.15) is 5.26 Å². The van der Waals surface area contributed by atoms with Gasteiger partial charge in [0, 0.05) is 37.4 Å². The molecule has 1 aliphatic heterocycles. The minimum Gasteiger partial charge on any atom is -0.385 e. The smallest absolute Gasteiger partial charge is 0.0621 e. The van der Waals surface area contributed by atoms with Crippen molar-refractivity contribution >= 4 is 11.4 Å². The molecule has 0 saturated carbocycles. The molecule has 0 amide bonds. The number of unbranched alkanes of at least 4 members (excludes halogenated alkanes) is 2. The molecule has 1 aliphatic rings. The highest BCUT2D eigenvalue weighted by Crippen LogP contribution is 2.21. The molecule has 0 unspecified atom stereocenters. The summed E-state index contributed by atoms with van der Waals surface area (Å²) in [5.41, 5.74) is 2.51. The van der Waals surface area contributed by atoms with E-state index in [0.29, 0.717) is 6.42 Å². The summed E-state index contributed by atoms with van der Waals surface area (Å²) in [7, 11) is 0. The van der Waals surface area contributed by atoms with Crippen LogP contribution in [0.25, 0.3) is 0 Å². The van der Waals surface area contributed by atoms with E-state index in [0.717, 1.165) is 19.4 Å². The van der Waals surface area contributed by atoms with Crippen LogP contribution in [-0.2, 0) is 0 Å². The van der Waals surface area contributed by atoms with Crippen molar-refractivity contribution in [3.63, 3.8) is 0 Å². The van der Waals surface area contributed by atoms with Crippen LogP contribution < -0.4 is 10.2 Å². The molecule has 0 radical (unpaired) electrons. The number of nitrogens with one attached hydrogen (secondary N) is 1. The molecular weight excluding hydrogens is 222 g/mol. The monoisotopic (exact) mass is 243 g/mol. The molecule has 1 fully saturated rings. The molecule has 18 heavy (non-hydrogen) atoms. The molecule has 0 atom stereocenters. The van der Waals surface area contributed by atoms with Gasteiger partial charge in [0.05, 0.1) is 6.07 Å². The first-order valence-electron chi connectivity index (χ1n) is 6.86. The van der Waals surface area contributed by atoms with Gasteiger partial charge < -0.3 is 10.2 Å². The minimum absolute atomic E-state index is 0.662. The summed E-state index contributed by atoms with van der Waals surface area (Å²) in [6.07, 6.45) is 5.34. The van der Waals surface area contributed by atoms with Crippen LogP contribution in [0.1, 0.15) is 32.1 Å². The van der Waals surface area contributed by atoms with Crippen molar-refractivity contribution in [3.8, 4) is 6.07 Å². The van der Waals surface area contributed by atoms with Gasteiger partial charge in [-0.15, -0.1) is 0 Å². The third-order valence-electron chi connectivity index (χ3n) is 3.38. The zero-order chi connectivity index (χ0) is 12.6. The van der Waals surface area contributed by atoms with Gasteiger partial charge in [0.2, 0.25) is 0 Å². The number of hydrogen-bond donors (Lipinski definition) is 1. The Morgan fingerprint density at radius 3 is 2.50 bits per heavy atom. The van der Waals surface area contributed by atoms with E-state index < -0.39 is 0 Å². The molecule has 1 aromatic rings. The van der Waals surface area contributed by atoms with Crippen LogP contribution in [-0.4, -0.2) is 19.6 Å². The fourth-order valence-electron chi connectivity index (χ4n) is 2.33. The highest BCUT2D eigenvalue weighted by atomic mass is 15.1. The van der Waals surface area contributed by atoms with E-state index in [1.807, 2.05) is 0 Å². The summed E-state index contributed by atoms with van der Waals surface area (Å²) in [4.78, 5) is 2.44. The topological polar surface area (TPSA) is 39.1 Å². The lowest BCUT2D eigenvalue weighted by Crippen LogP contribution is -2.17. The van der Waals surface area contributed by atoms with Gasteiger partial charge >= 0.3 is 0 Å². The molecule has 2 rings (SSSR count). The van der Waals surface area contributed by atoms with Crippen molar-refractivity contribution in [1.82, 2.24) is 0 Å². The van der Waals surface area contributed by atoms with Gasteiger partial charge in [-0.1, -0.05) is 0 Å². The summed E-state index contributed by atoms with van der Waals surface area (Å²) < 4.78 is 0. The number of rotatable bonds is 6. The first-order valence-corrected chi connectivity index (χ1v) is 6.86. The average molecular weight is 243 g/mol. The number of nitriles is 1. The van der Waals surface area contributed by atoms with Crippen molar-refractivity contribution in [3.05, 3.63) is 24.3 Å². The van der Waals surface area contributed by atoms with Crippen LogP contribution in [0.5, 0.6) is 0 Å². The molecule has 1 N–H and O–H groups in total. The molecule has 0 bridgehead atoms. The highest BCUT2D eigenvalue weighted by Gasteiger charge is 2.11. The first-order chi connectivity index (χ1) is 8.90. The maximum atomic E-state index is 8.44. The normalized spacial score (nSPS) is 14.5. The third kappa shape index (κ3) is 3.66. The van der Waals surface area contributed by atoms with Gasteiger partial charge in [0.25, 0.3) is 0 Å². The number of benzene rings is 1. The van der Waals surface area contributed by atoms with E-state index in [2.05, 4.69) is 40.6 Å². The second-order valence-corrected chi connectivity index (χ2v) is 4.78. The Balaban J connectivity index is 1.75. The van der Waals surface area contributed by atoms with E-state index in [4.69, 9.17) is 5.26 Å². The number of anilines is 2. The lowest BCUT2D eigenvalue weighted by Gasteiger charge is -2.18. The van der Waals surface area contributed by atoms with E-state index in [1.54, 1.807) is 0 Å². The zero-order valence-electron chi connectivity index (χ0n) is 10.9. The first kappa shape index (κ1) is 12.8. The maximum absolute atomic E-state index is 8.44. The van der Waals surface area contributed by atoms with Gasteiger partial charge in [-0.25, -0.2) is 0 Å². The van der Waals surface area contributed by atoms with E-state index in [1.165, 1.54) is 37.3 Å². The Bertz CT molecular complexity index is 385. The summed E-state index contributed by atoms with van der Waals surface area (Å²) in [6, 6.07) is 10.9. The zero-order valence-corrected chi connectivity index (χ0v) is 10.9. The Labute approximate surface area is 109 Å². The van der Waals surface area contributed by atoms with Crippen LogP contribution >= 0.6 is 0 Å². The van der Waals surface area contributed by atoms with Crippen molar-refractivity contribution in [2.45, 2.75) is 32.1 Å². The van der Waals surface area contributed by atoms with Gasteiger partial charge in [0.1, 0.15) is 0 Å². The summed E-state index contributed by atoms with van der Waals surface area (Å²) in [5.74, 6) is 0. The average Bonchev–Trinajstić information content (AvgIpc) is 2.93. The second-order valence-electron chi connectivity index (χ2n) is 4.78. The molecule has 1 saturated heterocycles. The summed E-state index contributed by atoms with van der Waals surface area (Å²) in [5, 5.41) is 11.8. The van der Waals surface area contributed by atoms with E-state index in [9.17, 15) is 0 Å². The molecule has 0 aromatic heterocycles. The largest absolute Gasteiger partial charge is 0.385 e. The summed E-state index contributed by atoms with van der Waals surface area (Å²) in [6.45, 7) is 3.34. The Morgan fingerprint density at radius 1 is 1.11 bits per heavy atom. The second kappa shape index (κ2) is 6.90. The maximum Gasteiger partial charge on any atom is 0.0621 e. The molecule has 96 valence electrons. The lowest BCUT2D eigenvalue weighted by atomic mass is 10.2. The van der Waals surface area contributed by atoms with Crippen molar-refractivity contribution in [1.29, 1.82) is 5.26 Å². The quantitative estimate of drug-likeness (QED) is 0.778. The number of hydrogen-bond acceptors (Lipinski definition) is 3. The summed E-state index contributed by atoms with van der Waals surface area (Å²) >= 11 is 0. The Kier molecular flexibility index (Phi) is 4.89. The van der Waals surface area contributed by atoms with Crippen LogP contribution in [0.2, 0.25) is 0 Å². The Morgan fingerprint density at radius 2 is 1.83 bits per heavy atom. The molecule has 3 nitrogen and oxygen atoms in total. The van der Waals surface area contributed by atoms with Crippen LogP contribution in [0.4, 0.5) is 11.4 Å². The van der Waals surface area contributed by atoms with Gasteiger partial charge in [0.15, 0.2) is 0 Å². The minimum atomic E-state index is 0.662. The van der Waals surface area contributed by atoms with Gasteiger partial charge in [-0.3, -0.25) is 0 Å². The molecule has 1 heterocycles. The number of nitrogens with zero attached hydrogens (tertiary/aromatic N) is 2. The highest BCUT2D eigenvalue weighted by molar-refractivity contribution is 5.55. The third-order valence-corrected chi connectivity index (χ3v) is 3.38. The van der Waals surface area contributed by atoms with E-state index in [-0.39, 0.29) is 0 Å². The van der Waals surface area contributed by atoms with Crippen molar-refractivity contribution < 1.29 is 0 Å². The SMILES string of the molecule is N#CCCCCNc1ccc(N2CCCC2)cc1. The van der Waals surface area contributed by atoms with Crippen molar-refractivity contribution in [2.24, 2.45) is 0 Å². The predicted octanol–water partition coefficient (Wildman–Crippen LogP) is 3.39. The molecule has 1 aromatic carbocycles. The fourth-order valence-corrected chi connectivity index (χ4v) is 2.33. The molecule has 0 spiro atoms. The predicted molar refractivity (Wildman–Crippen MR) is 75.8 cm³/mol. The molecular formula is C15H21N3.